The number of aryl methyl sites for hydroxylation is 1. The largest absolute Gasteiger partial charge is 0.494 e. The van der Waals surface area contributed by atoms with Crippen molar-refractivity contribution in [3.63, 3.8) is 0 Å². The zero-order chi connectivity index (χ0) is 13.6. The topological polar surface area (TPSA) is 40.2 Å². The molecule has 1 unspecified atom stereocenters. The minimum absolute atomic E-state index is 0.0800. The molecule has 1 atom stereocenters. The molecule has 102 valence electrons. The molecule has 1 heterocycles. The minimum atomic E-state index is -0.289. The molecule has 1 aliphatic carbocycles. The SMILES string of the molecule is COc1cc2c(cc1F)c1c(n2CC(C)N)CCC1. The van der Waals surface area contributed by atoms with Gasteiger partial charge in [-0.15, -0.1) is 0 Å². The van der Waals surface area contributed by atoms with Crippen molar-refractivity contribution in [3.05, 3.63) is 29.2 Å². The summed E-state index contributed by atoms with van der Waals surface area (Å²) in [6, 6.07) is 3.48. The predicted octanol–water partition coefficient (Wildman–Crippen LogP) is 2.62. The van der Waals surface area contributed by atoms with Crippen molar-refractivity contribution < 1.29 is 9.13 Å². The lowest BCUT2D eigenvalue weighted by atomic mass is 10.1. The number of hydrogen-bond donors (Lipinski definition) is 1. The van der Waals surface area contributed by atoms with E-state index in [4.69, 9.17) is 10.5 Å². The molecule has 0 saturated carbocycles. The molecule has 4 heteroatoms. The number of fused-ring (bicyclic) bond motifs is 3. The van der Waals surface area contributed by atoms with Crippen LogP contribution < -0.4 is 10.5 Å². The number of nitrogens with two attached hydrogens (primary N) is 1. The average Bonchev–Trinajstić information content (AvgIpc) is 2.92. The van der Waals surface area contributed by atoms with Crippen LogP contribution in [-0.2, 0) is 19.4 Å². The van der Waals surface area contributed by atoms with E-state index >= 15 is 0 Å². The maximum Gasteiger partial charge on any atom is 0.165 e. The standard InChI is InChI=1S/C15H19FN2O/c1-9(17)8-18-13-5-3-4-10(13)11-6-12(16)15(19-2)7-14(11)18/h6-7,9H,3-5,8,17H2,1-2H3. The van der Waals surface area contributed by atoms with E-state index < -0.39 is 0 Å². The molecule has 0 aliphatic heterocycles. The summed E-state index contributed by atoms with van der Waals surface area (Å²) in [4.78, 5) is 0. The lowest BCUT2D eigenvalue weighted by Crippen LogP contribution is -2.23. The van der Waals surface area contributed by atoms with Gasteiger partial charge in [-0.3, -0.25) is 0 Å². The van der Waals surface area contributed by atoms with Gasteiger partial charge in [0.15, 0.2) is 11.6 Å². The number of aromatic nitrogens is 1. The number of halogens is 1. The first-order valence-electron chi connectivity index (χ1n) is 6.75. The quantitative estimate of drug-likeness (QED) is 0.923. The summed E-state index contributed by atoms with van der Waals surface area (Å²) < 4.78 is 21.2. The molecule has 3 nitrogen and oxygen atoms in total. The Labute approximate surface area is 112 Å². The fourth-order valence-electron chi connectivity index (χ4n) is 3.12. The Balaban J connectivity index is 2.27. The Bertz CT molecular complexity index is 631. The van der Waals surface area contributed by atoms with Gasteiger partial charge < -0.3 is 15.0 Å². The predicted molar refractivity (Wildman–Crippen MR) is 74.1 cm³/mol. The van der Waals surface area contributed by atoms with Gasteiger partial charge in [-0.2, -0.15) is 0 Å². The van der Waals surface area contributed by atoms with Gasteiger partial charge in [-0.25, -0.2) is 4.39 Å². The molecule has 19 heavy (non-hydrogen) atoms. The third-order valence-electron chi connectivity index (χ3n) is 3.87. The summed E-state index contributed by atoms with van der Waals surface area (Å²) >= 11 is 0. The van der Waals surface area contributed by atoms with E-state index in [1.165, 1.54) is 18.4 Å². The molecule has 1 aliphatic rings. The summed E-state index contributed by atoms with van der Waals surface area (Å²) in [7, 11) is 1.50. The van der Waals surface area contributed by atoms with E-state index in [9.17, 15) is 4.39 Å². The summed E-state index contributed by atoms with van der Waals surface area (Å²) in [5, 5.41) is 1.02. The second-order valence-corrected chi connectivity index (χ2v) is 5.37. The maximum absolute atomic E-state index is 13.9. The molecule has 0 bridgehead atoms. The van der Waals surface area contributed by atoms with Crippen LogP contribution in [0.1, 0.15) is 24.6 Å². The van der Waals surface area contributed by atoms with Gasteiger partial charge in [0.25, 0.3) is 0 Å². The highest BCUT2D eigenvalue weighted by molar-refractivity contribution is 5.87. The van der Waals surface area contributed by atoms with E-state index in [1.54, 1.807) is 12.1 Å². The van der Waals surface area contributed by atoms with Crippen LogP contribution in [0.4, 0.5) is 4.39 Å². The molecule has 0 amide bonds. The van der Waals surface area contributed by atoms with Crippen molar-refractivity contribution in [1.29, 1.82) is 0 Å². The third kappa shape index (κ3) is 1.91. The number of ether oxygens (including phenoxy) is 1. The minimum Gasteiger partial charge on any atom is -0.494 e. The fraction of sp³-hybridized carbons (Fsp3) is 0.467. The van der Waals surface area contributed by atoms with Crippen molar-refractivity contribution >= 4 is 10.9 Å². The van der Waals surface area contributed by atoms with Gasteiger partial charge in [0.1, 0.15) is 0 Å². The highest BCUT2D eigenvalue weighted by Crippen LogP contribution is 2.36. The van der Waals surface area contributed by atoms with Crippen molar-refractivity contribution in [2.24, 2.45) is 5.73 Å². The van der Waals surface area contributed by atoms with Crippen LogP contribution >= 0.6 is 0 Å². The fourth-order valence-corrected chi connectivity index (χ4v) is 3.12. The monoisotopic (exact) mass is 262 g/mol. The molecule has 1 aromatic carbocycles. The molecule has 0 spiro atoms. The lowest BCUT2D eigenvalue weighted by molar-refractivity contribution is 0.387. The van der Waals surface area contributed by atoms with Gasteiger partial charge in [-0.1, -0.05) is 0 Å². The summed E-state index contributed by atoms with van der Waals surface area (Å²) in [5.74, 6) is 0.0113. The first-order valence-corrected chi connectivity index (χ1v) is 6.75. The molecule has 3 rings (SSSR count). The zero-order valence-electron chi connectivity index (χ0n) is 11.4. The summed E-state index contributed by atoms with van der Waals surface area (Å²) in [6.45, 7) is 2.76. The number of rotatable bonds is 3. The number of hydrogen-bond acceptors (Lipinski definition) is 2. The molecule has 2 N–H and O–H groups in total. The van der Waals surface area contributed by atoms with Gasteiger partial charge in [0.2, 0.25) is 0 Å². The van der Waals surface area contributed by atoms with Crippen molar-refractivity contribution in [3.8, 4) is 5.75 Å². The highest BCUT2D eigenvalue weighted by atomic mass is 19.1. The van der Waals surface area contributed by atoms with Crippen LogP contribution in [0.15, 0.2) is 12.1 Å². The Hall–Kier alpha value is -1.55. The van der Waals surface area contributed by atoms with E-state index in [-0.39, 0.29) is 11.9 Å². The van der Waals surface area contributed by atoms with Crippen LogP contribution in [0.25, 0.3) is 10.9 Å². The van der Waals surface area contributed by atoms with Gasteiger partial charge in [0.05, 0.1) is 12.6 Å². The van der Waals surface area contributed by atoms with Crippen LogP contribution in [0.3, 0.4) is 0 Å². The van der Waals surface area contributed by atoms with Gasteiger partial charge in [0, 0.05) is 29.7 Å². The van der Waals surface area contributed by atoms with Crippen LogP contribution in [0, 0.1) is 5.82 Å². The van der Waals surface area contributed by atoms with E-state index in [2.05, 4.69) is 4.57 Å². The summed E-state index contributed by atoms with van der Waals surface area (Å²) in [6.07, 6.45) is 3.23. The zero-order valence-corrected chi connectivity index (χ0v) is 11.4. The van der Waals surface area contributed by atoms with Crippen molar-refractivity contribution in [1.82, 2.24) is 4.57 Å². The Morgan fingerprint density at radius 3 is 2.89 bits per heavy atom. The molecular formula is C15H19FN2O. The number of nitrogens with zero attached hydrogens (tertiary/aromatic N) is 1. The molecule has 0 radical (unpaired) electrons. The smallest absolute Gasteiger partial charge is 0.165 e. The second kappa shape index (κ2) is 4.53. The highest BCUT2D eigenvalue weighted by Gasteiger charge is 2.23. The lowest BCUT2D eigenvalue weighted by Gasteiger charge is -2.13. The average molecular weight is 262 g/mol. The van der Waals surface area contributed by atoms with E-state index in [1.807, 2.05) is 6.92 Å². The van der Waals surface area contributed by atoms with E-state index in [0.717, 1.165) is 36.7 Å². The first-order chi connectivity index (χ1) is 9.11. The Kier molecular flexibility index (Phi) is 2.97. The van der Waals surface area contributed by atoms with Crippen LogP contribution in [0.2, 0.25) is 0 Å². The molecular weight excluding hydrogens is 243 g/mol. The maximum atomic E-state index is 13.9. The Morgan fingerprint density at radius 2 is 2.21 bits per heavy atom. The Morgan fingerprint density at radius 1 is 1.42 bits per heavy atom. The van der Waals surface area contributed by atoms with Crippen LogP contribution in [0.5, 0.6) is 5.75 Å². The number of methoxy groups -OCH3 is 1. The number of benzene rings is 1. The molecule has 2 aromatic rings. The van der Waals surface area contributed by atoms with Crippen molar-refractivity contribution in [2.45, 2.75) is 38.8 Å². The molecule has 0 saturated heterocycles. The molecule has 1 aromatic heterocycles. The van der Waals surface area contributed by atoms with Gasteiger partial charge in [-0.05, 0) is 37.8 Å². The normalized spacial score (nSPS) is 15.8. The van der Waals surface area contributed by atoms with Crippen LogP contribution in [-0.4, -0.2) is 17.7 Å². The summed E-state index contributed by atoms with van der Waals surface area (Å²) in [5.41, 5.74) is 9.59. The molecule has 0 fully saturated rings. The second-order valence-electron chi connectivity index (χ2n) is 5.37. The third-order valence-corrected chi connectivity index (χ3v) is 3.87. The first kappa shape index (κ1) is 12.5. The van der Waals surface area contributed by atoms with E-state index in [0.29, 0.717) is 5.75 Å². The van der Waals surface area contributed by atoms with Crippen molar-refractivity contribution in [2.75, 3.05) is 7.11 Å². The van der Waals surface area contributed by atoms with Gasteiger partial charge >= 0.3 is 0 Å².